The Balaban J connectivity index is 1.90. The first-order chi connectivity index (χ1) is 16.6. The molecular formula is C26H35N3O5S2. The van der Waals surface area contributed by atoms with Crippen LogP contribution in [0.15, 0.2) is 21.0 Å². The van der Waals surface area contributed by atoms with Crippen LogP contribution in [0.5, 0.6) is 0 Å². The highest BCUT2D eigenvalue weighted by Crippen LogP contribution is 2.52. The molecule has 196 valence electrons. The predicted octanol–water partition coefficient (Wildman–Crippen LogP) is 2.73. The molecule has 3 heterocycles. The number of hydrogen-bond donors (Lipinski definition) is 3. The molecule has 0 spiro atoms. The number of carbonyl (C=O) groups excluding carboxylic acids is 2. The van der Waals surface area contributed by atoms with Crippen molar-refractivity contribution in [2.24, 2.45) is 11.8 Å². The average molecular weight is 534 g/mol. The summed E-state index contributed by atoms with van der Waals surface area (Å²) in [6.45, 7) is 13.3. The second-order valence-electron chi connectivity index (χ2n) is 12.1. The van der Waals surface area contributed by atoms with Gasteiger partial charge in [0.1, 0.15) is 6.04 Å². The number of fused-ring (bicyclic) bond motifs is 4. The van der Waals surface area contributed by atoms with Crippen molar-refractivity contribution in [2.75, 3.05) is 6.61 Å². The van der Waals surface area contributed by atoms with Gasteiger partial charge in [-0.15, -0.1) is 23.5 Å². The lowest BCUT2D eigenvalue weighted by Crippen LogP contribution is -2.71. The Morgan fingerprint density at radius 2 is 1.61 bits per heavy atom. The molecular weight excluding hydrogens is 498 g/mol. The molecule has 0 aromatic carbocycles. The zero-order chi connectivity index (χ0) is 26.9. The van der Waals surface area contributed by atoms with Crippen LogP contribution in [0.3, 0.4) is 0 Å². The van der Waals surface area contributed by atoms with Crippen molar-refractivity contribution in [1.29, 1.82) is 5.26 Å². The van der Waals surface area contributed by atoms with E-state index in [1.807, 2.05) is 53.4 Å². The summed E-state index contributed by atoms with van der Waals surface area (Å²) in [6, 6.07) is -0.661. The highest BCUT2D eigenvalue weighted by molar-refractivity contribution is 8.09. The molecule has 0 radical (unpaired) electrons. The minimum absolute atomic E-state index is 0.220. The summed E-state index contributed by atoms with van der Waals surface area (Å²) in [5.74, 6) is -2.64. The standard InChI is InChI=1S/C26H35N3O5S2/c1-11-16-17(21(32)23(36-26(5,6)7)22(20(16)31)35-25(2,3)4)15(10-30)29-14(9-27)13-8-12(24(33)34)18(28-13)19(11)29/h11-15,18-19,28,30H,8,10H2,1-7H3,(H,33,34)/t11?,12-,13+,14?,15+,18-,19+/m1/s1. The van der Waals surface area contributed by atoms with E-state index >= 15 is 0 Å². The van der Waals surface area contributed by atoms with E-state index in [4.69, 9.17) is 0 Å². The summed E-state index contributed by atoms with van der Waals surface area (Å²) in [5, 5.41) is 34.0. The Hall–Kier alpha value is -1.64. The number of allylic oxidation sites excluding steroid dienone is 2. The quantitative estimate of drug-likeness (QED) is 0.464. The molecule has 0 saturated carbocycles. The summed E-state index contributed by atoms with van der Waals surface area (Å²) >= 11 is 2.74. The summed E-state index contributed by atoms with van der Waals surface area (Å²) in [4.78, 5) is 43.1. The monoisotopic (exact) mass is 533 g/mol. The number of aliphatic hydroxyl groups is 1. The highest BCUT2D eigenvalue weighted by atomic mass is 32.2. The molecule has 2 fully saturated rings. The van der Waals surface area contributed by atoms with Crippen LogP contribution < -0.4 is 5.32 Å². The topological polar surface area (TPSA) is 131 Å². The van der Waals surface area contributed by atoms with Crippen molar-refractivity contribution in [3.8, 4) is 6.07 Å². The van der Waals surface area contributed by atoms with Gasteiger partial charge in [0.15, 0.2) is 11.6 Å². The molecule has 2 unspecified atom stereocenters. The number of nitriles is 1. The van der Waals surface area contributed by atoms with Crippen LogP contribution in [-0.2, 0) is 14.4 Å². The van der Waals surface area contributed by atoms with E-state index in [1.165, 1.54) is 23.5 Å². The third-order valence-corrected chi connectivity index (χ3v) is 9.80. The molecule has 8 nitrogen and oxygen atoms in total. The molecule has 0 aromatic heterocycles. The molecule has 4 rings (SSSR count). The first-order valence-corrected chi connectivity index (χ1v) is 14.0. The molecule has 1 aliphatic carbocycles. The molecule has 36 heavy (non-hydrogen) atoms. The van der Waals surface area contributed by atoms with Crippen molar-refractivity contribution < 1.29 is 24.6 Å². The fourth-order valence-electron chi connectivity index (χ4n) is 6.15. The Morgan fingerprint density at radius 3 is 2.06 bits per heavy atom. The molecule has 0 aromatic rings. The van der Waals surface area contributed by atoms with E-state index in [-0.39, 0.29) is 39.1 Å². The number of piperazine rings is 1. The van der Waals surface area contributed by atoms with Gasteiger partial charge in [-0.25, -0.2) is 0 Å². The maximum atomic E-state index is 14.2. The van der Waals surface area contributed by atoms with Crippen LogP contribution in [0.4, 0.5) is 0 Å². The van der Waals surface area contributed by atoms with Gasteiger partial charge in [0.25, 0.3) is 0 Å². The van der Waals surface area contributed by atoms with Crippen LogP contribution in [-0.4, -0.2) is 79.0 Å². The first kappa shape index (κ1) is 27.4. The number of carboxylic acids is 1. The molecule has 10 heteroatoms. The lowest BCUT2D eigenvalue weighted by atomic mass is 9.71. The van der Waals surface area contributed by atoms with Gasteiger partial charge in [-0.3, -0.25) is 19.3 Å². The van der Waals surface area contributed by atoms with Gasteiger partial charge >= 0.3 is 5.97 Å². The van der Waals surface area contributed by atoms with E-state index in [0.29, 0.717) is 15.4 Å². The number of ketones is 2. The minimum Gasteiger partial charge on any atom is -0.481 e. The van der Waals surface area contributed by atoms with Crippen molar-refractivity contribution in [3.63, 3.8) is 0 Å². The number of hydrogen-bond acceptors (Lipinski definition) is 9. The van der Waals surface area contributed by atoms with Crippen molar-refractivity contribution in [1.82, 2.24) is 10.2 Å². The van der Waals surface area contributed by atoms with Crippen molar-refractivity contribution >= 4 is 41.1 Å². The molecule has 2 bridgehead atoms. The average Bonchev–Trinajstić information content (AvgIpc) is 3.12. The Labute approximate surface area is 220 Å². The Kier molecular flexibility index (Phi) is 7.06. The number of nitrogens with zero attached hydrogens (tertiary/aromatic N) is 2. The molecule has 2 saturated heterocycles. The SMILES string of the molecule is CC1C2=C(C(=O)C(SC(C)(C)C)=C(SC(C)(C)C)C2=O)[C@H](CO)N2C(C#N)[C@@H]3C[C@@H](C(=O)O)[C@@H](N3)[C@H]12. The second kappa shape index (κ2) is 9.28. The summed E-state index contributed by atoms with van der Waals surface area (Å²) in [6.07, 6.45) is 0.289. The number of thioether (sulfide) groups is 2. The molecule has 7 atom stereocenters. The predicted molar refractivity (Wildman–Crippen MR) is 140 cm³/mol. The number of aliphatic hydroxyl groups excluding tert-OH is 1. The Bertz CT molecular complexity index is 1110. The summed E-state index contributed by atoms with van der Waals surface area (Å²) in [7, 11) is 0. The number of carboxylic acid groups (broad SMARTS) is 1. The maximum absolute atomic E-state index is 14.2. The Morgan fingerprint density at radius 1 is 1.08 bits per heavy atom. The molecule has 3 N–H and O–H groups in total. The fourth-order valence-corrected chi connectivity index (χ4v) is 8.40. The van der Waals surface area contributed by atoms with E-state index in [9.17, 15) is 29.9 Å². The van der Waals surface area contributed by atoms with Gasteiger partial charge in [-0.05, 0) is 6.42 Å². The van der Waals surface area contributed by atoms with Gasteiger partial charge < -0.3 is 15.5 Å². The van der Waals surface area contributed by atoms with Crippen molar-refractivity contribution in [2.45, 2.75) is 94.6 Å². The van der Waals surface area contributed by atoms with Crippen LogP contribution in [0.2, 0.25) is 0 Å². The number of nitrogens with one attached hydrogen (secondary N) is 1. The van der Waals surface area contributed by atoms with E-state index in [2.05, 4.69) is 11.4 Å². The maximum Gasteiger partial charge on any atom is 0.308 e. The van der Waals surface area contributed by atoms with Gasteiger partial charge in [0, 0.05) is 44.7 Å². The van der Waals surface area contributed by atoms with Crippen LogP contribution in [0.1, 0.15) is 54.9 Å². The van der Waals surface area contributed by atoms with Gasteiger partial charge in [-0.2, -0.15) is 5.26 Å². The zero-order valence-corrected chi connectivity index (χ0v) is 23.4. The van der Waals surface area contributed by atoms with Crippen molar-refractivity contribution in [3.05, 3.63) is 21.0 Å². The fraction of sp³-hybridized carbons (Fsp3) is 0.692. The van der Waals surface area contributed by atoms with Gasteiger partial charge in [0.2, 0.25) is 0 Å². The molecule has 4 aliphatic rings. The van der Waals surface area contributed by atoms with Crippen LogP contribution in [0.25, 0.3) is 0 Å². The van der Waals surface area contributed by atoms with Gasteiger partial charge in [-0.1, -0.05) is 48.5 Å². The highest BCUT2D eigenvalue weighted by Gasteiger charge is 2.61. The van der Waals surface area contributed by atoms with Gasteiger partial charge in [0.05, 0.1) is 34.4 Å². The normalized spacial score (nSPS) is 35.0. The number of aliphatic carboxylic acids is 1. The molecule has 0 amide bonds. The smallest absolute Gasteiger partial charge is 0.308 e. The lowest BCUT2D eigenvalue weighted by molar-refractivity contribution is -0.143. The first-order valence-electron chi connectivity index (χ1n) is 12.3. The number of rotatable bonds is 4. The number of Topliss-reactive ketones (excluding diaryl/α,β-unsaturated/α-hetero) is 2. The number of carbonyl (C=O) groups is 3. The van der Waals surface area contributed by atoms with Crippen LogP contribution >= 0.6 is 23.5 Å². The third-order valence-electron chi connectivity index (χ3n) is 7.26. The third kappa shape index (κ3) is 4.47. The van der Waals surface area contributed by atoms with E-state index in [1.54, 1.807) is 0 Å². The lowest BCUT2D eigenvalue weighted by Gasteiger charge is -2.54. The van der Waals surface area contributed by atoms with Crippen LogP contribution in [0, 0.1) is 23.2 Å². The van der Waals surface area contributed by atoms with E-state index < -0.39 is 48.6 Å². The second-order valence-corrected chi connectivity index (χ2v) is 15.7. The van der Waals surface area contributed by atoms with E-state index in [0.717, 1.165) is 0 Å². The minimum atomic E-state index is -0.945. The summed E-state index contributed by atoms with van der Waals surface area (Å²) < 4.78 is -0.651. The molecule has 3 aliphatic heterocycles. The zero-order valence-electron chi connectivity index (χ0n) is 21.8. The summed E-state index contributed by atoms with van der Waals surface area (Å²) in [5.41, 5.74) is 0.628. The largest absolute Gasteiger partial charge is 0.481 e.